The van der Waals surface area contributed by atoms with Crippen molar-refractivity contribution < 1.29 is 14.3 Å². The van der Waals surface area contributed by atoms with Crippen LogP contribution in [0.5, 0.6) is 0 Å². The van der Waals surface area contributed by atoms with Gasteiger partial charge in [0.25, 0.3) is 5.91 Å². The molecule has 0 fully saturated rings. The summed E-state index contributed by atoms with van der Waals surface area (Å²) in [5.41, 5.74) is 2.94. The van der Waals surface area contributed by atoms with Crippen molar-refractivity contribution >= 4 is 40.2 Å². The molecule has 0 aliphatic rings. The average molecular weight is 295 g/mol. The molecular formula is C13H13NO3S2. The van der Waals surface area contributed by atoms with Crippen LogP contribution in [0.25, 0.3) is 0 Å². The molecule has 0 unspecified atom stereocenters. The van der Waals surface area contributed by atoms with Crippen molar-refractivity contribution in [3.8, 4) is 0 Å². The maximum Gasteiger partial charge on any atom is 0.350 e. The summed E-state index contributed by atoms with van der Waals surface area (Å²) in [5, 5.41) is 8.33. The highest BCUT2D eigenvalue weighted by Crippen LogP contribution is 2.29. The average Bonchev–Trinajstić information content (AvgIpc) is 2.96. The molecule has 0 aliphatic carbocycles. The molecule has 6 heteroatoms. The molecule has 0 saturated heterocycles. The second kappa shape index (κ2) is 5.54. The first-order valence-electron chi connectivity index (χ1n) is 5.55. The summed E-state index contributed by atoms with van der Waals surface area (Å²) in [7, 11) is 1.33. The van der Waals surface area contributed by atoms with Crippen LogP contribution in [0.1, 0.15) is 31.2 Å². The Balaban J connectivity index is 2.29. The van der Waals surface area contributed by atoms with Crippen molar-refractivity contribution in [2.24, 2.45) is 0 Å². The van der Waals surface area contributed by atoms with Gasteiger partial charge in [0.15, 0.2) is 0 Å². The first-order valence-corrected chi connectivity index (χ1v) is 7.37. The van der Waals surface area contributed by atoms with Gasteiger partial charge in [-0.25, -0.2) is 4.79 Å². The van der Waals surface area contributed by atoms with E-state index in [4.69, 9.17) is 4.74 Å². The molecule has 2 heterocycles. The Morgan fingerprint density at radius 3 is 2.47 bits per heavy atom. The number of amides is 1. The fourth-order valence-electron chi connectivity index (χ4n) is 1.62. The van der Waals surface area contributed by atoms with Gasteiger partial charge in [0.05, 0.1) is 18.4 Å². The van der Waals surface area contributed by atoms with Crippen LogP contribution in [-0.4, -0.2) is 19.0 Å². The van der Waals surface area contributed by atoms with Gasteiger partial charge < -0.3 is 10.1 Å². The number of hydrogen-bond donors (Lipinski definition) is 1. The number of thiophene rings is 2. The van der Waals surface area contributed by atoms with Crippen LogP contribution < -0.4 is 5.32 Å². The zero-order chi connectivity index (χ0) is 14.0. The summed E-state index contributed by atoms with van der Waals surface area (Å²) in [6.45, 7) is 3.73. The van der Waals surface area contributed by atoms with Gasteiger partial charge in [-0.1, -0.05) is 0 Å². The highest BCUT2D eigenvalue weighted by molar-refractivity contribution is 7.12. The topological polar surface area (TPSA) is 55.4 Å². The molecule has 0 saturated carbocycles. The van der Waals surface area contributed by atoms with Gasteiger partial charge in [0, 0.05) is 5.38 Å². The lowest BCUT2D eigenvalue weighted by Crippen LogP contribution is -2.14. The van der Waals surface area contributed by atoms with Crippen LogP contribution in [0, 0.1) is 13.8 Å². The summed E-state index contributed by atoms with van der Waals surface area (Å²) in [4.78, 5) is 24.2. The molecule has 0 aliphatic heterocycles. The third kappa shape index (κ3) is 2.69. The van der Waals surface area contributed by atoms with Gasteiger partial charge in [-0.15, -0.1) is 11.3 Å². The number of rotatable bonds is 3. The number of methoxy groups -OCH3 is 1. The molecule has 100 valence electrons. The Morgan fingerprint density at radius 1 is 1.16 bits per heavy atom. The maximum absolute atomic E-state index is 12.2. The highest BCUT2D eigenvalue weighted by atomic mass is 32.1. The lowest BCUT2D eigenvalue weighted by Gasteiger charge is -2.07. The fraction of sp³-hybridized carbons (Fsp3) is 0.231. The van der Waals surface area contributed by atoms with E-state index in [1.54, 1.807) is 5.38 Å². The van der Waals surface area contributed by atoms with Gasteiger partial charge in [0.2, 0.25) is 0 Å². The van der Waals surface area contributed by atoms with Crippen molar-refractivity contribution in [2.75, 3.05) is 12.4 Å². The van der Waals surface area contributed by atoms with Gasteiger partial charge in [0.1, 0.15) is 4.88 Å². The molecule has 1 amide bonds. The smallest absolute Gasteiger partial charge is 0.350 e. The molecule has 4 nitrogen and oxygen atoms in total. The molecule has 2 aromatic rings. The second-order valence-corrected chi connectivity index (χ2v) is 5.66. The summed E-state index contributed by atoms with van der Waals surface area (Å²) in [5.74, 6) is -0.638. The molecule has 0 radical (unpaired) electrons. The van der Waals surface area contributed by atoms with Crippen LogP contribution in [-0.2, 0) is 4.74 Å². The Morgan fingerprint density at radius 2 is 1.89 bits per heavy atom. The highest BCUT2D eigenvalue weighted by Gasteiger charge is 2.20. The predicted octanol–water partition coefficient (Wildman–Crippen LogP) is 3.47. The zero-order valence-electron chi connectivity index (χ0n) is 10.8. The first kappa shape index (κ1) is 13.8. The molecule has 0 spiro atoms. The Kier molecular flexibility index (Phi) is 4.01. The number of esters is 1. The van der Waals surface area contributed by atoms with Crippen molar-refractivity contribution in [3.63, 3.8) is 0 Å². The largest absolute Gasteiger partial charge is 0.465 e. The van der Waals surface area contributed by atoms with E-state index < -0.39 is 5.97 Å². The minimum Gasteiger partial charge on any atom is -0.465 e. The van der Waals surface area contributed by atoms with Crippen LogP contribution >= 0.6 is 22.7 Å². The van der Waals surface area contributed by atoms with E-state index >= 15 is 0 Å². The van der Waals surface area contributed by atoms with Gasteiger partial charge in [-0.05, 0) is 35.7 Å². The van der Waals surface area contributed by atoms with Gasteiger partial charge in [-0.2, -0.15) is 11.3 Å². The second-order valence-electron chi connectivity index (χ2n) is 4.04. The van der Waals surface area contributed by atoms with Crippen molar-refractivity contribution in [3.05, 3.63) is 37.7 Å². The number of carbonyl (C=O) groups is 2. The van der Waals surface area contributed by atoms with Crippen molar-refractivity contribution in [1.82, 2.24) is 0 Å². The molecule has 19 heavy (non-hydrogen) atoms. The number of aryl methyl sites for hydroxylation is 2. The number of ether oxygens (including phenoxy) is 1. The predicted molar refractivity (Wildman–Crippen MR) is 77.4 cm³/mol. The molecule has 2 rings (SSSR count). The molecule has 1 N–H and O–H groups in total. The first-order chi connectivity index (χ1) is 9.04. The summed E-state index contributed by atoms with van der Waals surface area (Å²) < 4.78 is 4.71. The SMILES string of the molecule is COC(=O)c1scc(C)c1NC(=O)c1cscc1C. The van der Waals surface area contributed by atoms with Crippen LogP contribution in [0.15, 0.2) is 16.1 Å². The Hall–Kier alpha value is -1.66. The molecule has 0 aromatic carbocycles. The number of nitrogens with one attached hydrogen (secondary N) is 1. The summed E-state index contributed by atoms with van der Waals surface area (Å²) >= 11 is 2.74. The third-order valence-electron chi connectivity index (χ3n) is 2.68. The normalized spacial score (nSPS) is 10.3. The van der Waals surface area contributed by atoms with Crippen LogP contribution in [0.3, 0.4) is 0 Å². The van der Waals surface area contributed by atoms with E-state index in [0.29, 0.717) is 16.1 Å². The Bertz CT molecular complexity index is 628. The monoisotopic (exact) mass is 295 g/mol. The van der Waals surface area contributed by atoms with Crippen LogP contribution in [0.4, 0.5) is 5.69 Å². The van der Waals surface area contributed by atoms with E-state index in [2.05, 4.69) is 5.32 Å². The lowest BCUT2D eigenvalue weighted by molar-refractivity contribution is 0.0607. The number of carbonyl (C=O) groups excluding carboxylic acids is 2. The number of anilines is 1. The molecule has 2 aromatic heterocycles. The minimum atomic E-state index is -0.435. The standard InChI is InChI=1S/C13H13NO3S2/c1-7-4-18-6-9(7)12(15)14-10-8(2)5-19-11(10)13(16)17-3/h4-6H,1-3H3,(H,14,15). The van der Waals surface area contributed by atoms with E-state index in [0.717, 1.165) is 11.1 Å². The third-order valence-corrected chi connectivity index (χ3v) is 4.62. The van der Waals surface area contributed by atoms with Gasteiger partial charge in [-0.3, -0.25) is 4.79 Å². The van der Waals surface area contributed by atoms with Crippen molar-refractivity contribution in [1.29, 1.82) is 0 Å². The molecule has 0 atom stereocenters. The van der Waals surface area contributed by atoms with E-state index in [1.807, 2.05) is 24.6 Å². The lowest BCUT2D eigenvalue weighted by atomic mass is 10.2. The van der Waals surface area contributed by atoms with E-state index in [1.165, 1.54) is 29.8 Å². The number of hydrogen-bond acceptors (Lipinski definition) is 5. The summed E-state index contributed by atoms with van der Waals surface area (Å²) in [6.07, 6.45) is 0. The van der Waals surface area contributed by atoms with Crippen LogP contribution in [0.2, 0.25) is 0 Å². The fourth-order valence-corrected chi connectivity index (χ4v) is 3.37. The molecule has 0 bridgehead atoms. The zero-order valence-corrected chi connectivity index (χ0v) is 12.4. The Labute approximate surface area is 119 Å². The molecular weight excluding hydrogens is 282 g/mol. The maximum atomic E-state index is 12.2. The minimum absolute atomic E-state index is 0.203. The van der Waals surface area contributed by atoms with E-state index in [-0.39, 0.29) is 5.91 Å². The van der Waals surface area contributed by atoms with Crippen molar-refractivity contribution in [2.45, 2.75) is 13.8 Å². The quantitative estimate of drug-likeness (QED) is 0.882. The van der Waals surface area contributed by atoms with E-state index in [9.17, 15) is 9.59 Å². The van der Waals surface area contributed by atoms with Gasteiger partial charge >= 0.3 is 5.97 Å². The summed E-state index contributed by atoms with van der Waals surface area (Å²) in [6, 6.07) is 0.